The largest absolute Gasteiger partial charge is 0.381 e. The number of rotatable bonds is 4. The summed E-state index contributed by atoms with van der Waals surface area (Å²) in [4.78, 5) is 14.9. The minimum atomic E-state index is 0.420. The number of anilines is 3. The van der Waals surface area contributed by atoms with E-state index in [0.717, 1.165) is 31.6 Å². The van der Waals surface area contributed by atoms with Crippen molar-refractivity contribution in [2.75, 3.05) is 30.8 Å². The van der Waals surface area contributed by atoms with Crippen LogP contribution in [0, 0.1) is 12.3 Å². The smallest absolute Gasteiger partial charge is 0.150 e. The van der Waals surface area contributed by atoms with Crippen LogP contribution in [0.25, 0.3) is 0 Å². The lowest BCUT2D eigenvalue weighted by Gasteiger charge is -2.30. The summed E-state index contributed by atoms with van der Waals surface area (Å²) in [6, 6.07) is 2.31. The van der Waals surface area contributed by atoms with Crippen molar-refractivity contribution in [1.82, 2.24) is 19.9 Å². The van der Waals surface area contributed by atoms with Gasteiger partial charge in [-0.2, -0.15) is 0 Å². The zero-order valence-corrected chi connectivity index (χ0v) is 14.2. The van der Waals surface area contributed by atoms with Crippen molar-refractivity contribution in [3.8, 4) is 12.3 Å². The highest BCUT2D eigenvalue weighted by atomic mass is 35.5. The van der Waals surface area contributed by atoms with Crippen molar-refractivity contribution >= 4 is 28.9 Å². The van der Waals surface area contributed by atoms with Crippen LogP contribution >= 0.6 is 11.6 Å². The third kappa shape index (κ3) is 4.13. The standard InChI is InChI=1S/C17H19ClN6/c1-3-12-9-20-17(11-19-12)23-16-8-15(14(18)10-21-16)22-13-4-6-24(2)7-5-13/h1,8-11,13H,4-7H2,2H3,(H2,20,21,22,23). The van der Waals surface area contributed by atoms with Gasteiger partial charge in [0.05, 0.1) is 29.3 Å². The highest BCUT2D eigenvalue weighted by Gasteiger charge is 2.17. The van der Waals surface area contributed by atoms with Crippen LogP contribution in [0.3, 0.4) is 0 Å². The first-order valence-electron chi connectivity index (χ1n) is 7.80. The topological polar surface area (TPSA) is 66.0 Å². The lowest BCUT2D eigenvalue weighted by molar-refractivity contribution is 0.264. The molecule has 2 aromatic rings. The second-order valence-electron chi connectivity index (χ2n) is 5.83. The molecular weight excluding hydrogens is 324 g/mol. The van der Waals surface area contributed by atoms with E-state index in [4.69, 9.17) is 18.0 Å². The molecule has 1 aliphatic heterocycles. The second-order valence-corrected chi connectivity index (χ2v) is 6.23. The Kier molecular flexibility index (Phi) is 5.14. The van der Waals surface area contributed by atoms with Gasteiger partial charge in [-0.05, 0) is 38.9 Å². The predicted octanol–water partition coefficient (Wildman–Crippen LogP) is 2.76. The number of terminal acetylenes is 1. The van der Waals surface area contributed by atoms with E-state index >= 15 is 0 Å². The molecule has 0 unspecified atom stereocenters. The van der Waals surface area contributed by atoms with Gasteiger partial charge >= 0.3 is 0 Å². The van der Waals surface area contributed by atoms with Crippen LogP contribution in [0.2, 0.25) is 5.02 Å². The van der Waals surface area contributed by atoms with E-state index in [9.17, 15) is 0 Å². The number of piperidine rings is 1. The maximum absolute atomic E-state index is 6.27. The minimum absolute atomic E-state index is 0.420. The quantitative estimate of drug-likeness (QED) is 0.833. The molecule has 0 spiro atoms. The van der Waals surface area contributed by atoms with Crippen LogP contribution in [0.15, 0.2) is 24.7 Å². The molecule has 0 amide bonds. The lowest BCUT2D eigenvalue weighted by atomic mass is 10.1. The van der Waals surface area contributed by atoms with E-state index in [2.05, 4.69) is 43.5 Å². The summed E-state index contributed by atoms with van der Waals surface area (Å²) in [5.74, 6) is 3.66. The van der Waals surface area contributed by atoms with E-state index in [1.54, 1.807) is 12.4 Å². The number of nitrogens with zero attached hydrogens (tertiary/aromatic N) is 4. The number of halogens is 1. The number of hydrogen-bond donors (Lipinski definition) is 2. The van der Waals surface area contributed by atoms with Gasteiger partial charge in [0, 0.05) is 12.1 Å². The number of nitrogens with one attached hydrogen (secondary N) is 2. The molecule has 3 rings (SSSR count). The maximum atomic E-state index is 6.27. The Hall–Kier alpha value is -2.36. The molecule has 3 heterocycles. The van der Waals surface area contributed by atoms with E-state index in [0.29, 0.717) is 28.4 Å². The Morgan fingerprint density at radius 2 is 1.92 bits per heavy atom. The summed E-state index contributed by atoms with van der Waals surface area (Å²) in [5.41, 5.74) is 1.37. The fourth-order valence-corrected chi connectivity index (χ4v) is 2.75. The molecule has 1 saturated heterocycles. The second kappa shape index (κ2) is 7.47. The van der Waals surface area contributed by atoms with Crippen LogP contribution in [0.4, 0.5) is 17.3 Å². The predicted molar refractivity (Wildman–Crippen MR) is 96.6 cm³/mol. The Bertz CT molecular complexity index is 732. The van der Waals surface area contributed by atoms with Crippen molar-refractivity contribution in [2.24, 2.45) is 0 Å². The highest BCUT2D eigenvalue weighted by Crippen LogP contribution is 2.27. The van der Waals surface area contributed by atoms with E-state index in [1.807, 2.05) is 6.07 Å². The molecule has 2 N–H and O–H groups in total. The van der Waals surface area contributed by atoms with Gasteiger partial charge in [0.15, 0.2) is 0 Å². The zero-order chi connectivity index (χ0) is 16.9. The van der Waals surface area contributed by atoms with Crippen molar-refractivity contribution < 1.29 is 0 Å². The highest BCUT2D eigenvalue weighted by molar-refractivity contribution is 6.33. The summed E-state index contributed by atoms with van der Waals surface area (Å²) in [6.45, 7) is 2.17. The molecule has 6 nitrogen and oxygen atoms in total. The van der Waals surface area contributed by atoms with Crippen LogP contribution < -0.4 is 10.6 Å². The summed E-state index contributed by atoms with van der Waals surface area (Å²) in [6.07, 6.45) is 12.2. The normalized spacial score (nSPS) is 15.7. The number of likely N-dealkylation sites (tertiary alicyclic amines) is 1. The Labute approximate surface area is 146 Å². The van der Waals surface area contributed by atoms with Gasteiger partial charge in [0.25, 0.3) is 0 Å². The van der Waals surface area contributed by atoms with Crippen LogP contribution in [0.1, 0.15) is 18.5 Å². The molecule has 2 aromatic heterocycles. The van der Waals surface area contributed by atoms with Gasteiger partial charge in [-0.1, -0.05) is 11.6 Å². The molecule has 0 saturated carbocycles. The Balaban J connectivity index is 1.70. The number of hydrogen-bond acceptors (Lipinski definition) is 6. The number of pyridine rings is 1. The first-order chi connectivity index (χ1) is 11.6. The van der Waals surface area contributed by atoms with Gasteiger partial charge in [-0.3, -0.25) is 0 Å². The first kappa shape index (κ1) is 16.5. The molecule has 0 bridgehead atoms. The van der Waals surface area contributed by atoms with Crippen molar-refractivity contribution in [2.45, 2.75) is 18.9 Å². The van der Waals surface area contributed by atoms with Crippen LogP contribution in [0.5, 0.6) is 0 Å². The van der Waals surface area contributed by atoms with Crippen molar-refractivity contribution in [3.05, 3.63) is 35.4 Å². The van der Waals surface area contributed by atoms with Gasteiger partial charge in [-0.15, -0.1) is 6.42 Å². The molecule has 124 valence electrons. The van der Waals surface area contributed by atoms with Crippen LogP contribution in [-0.2, 0) is 0 Å². The summed E-state index contributed by atoms with van der Waals surface area (Å²) in [7, 11) is 2.14. The molecule has 0 aromatic carbocycles. The monoisotopic (exact) mass is 342 g/mol. The number of aromatic nitrogens is 3. The van der Waals surface area contributed by atoms with E-state index in [1.165, 1.54) is 6.20 Å². The average Bonchev–Trinajstić information content (AvgIpc) is 2.60. The molecule has 0 atom stereocenters. The average molecular weight is 343 g/mol. The third-order valence-electron chi connectivity index (χ3n) is 3.99. The molecule has 0 radical (unpaired) electrons. The molecular formula is C17H19ClN6. The van der Waals surface area contributed by atoms with Gasteiger partial charge in [0.2, 0.25) is 0 Å². The summed E-state index contributed by atoms with van der Waals surface area (Å²) in [5, 5.41) is 7.22. The summed E-state index contributed by atoms with van der Waals surface area (Å²) >= 11 is 6.27. The molecule has 0 aliphatic carbocycles. The zero-order valence-electron chi connectivity index (χ0n) is 13.5. The molecule has 1 fully saturated rings. The molecule has 1 aliphatic rings. The fraction of sp³-hybridized carbons (Fsp3) is 0.353. The van der Waals surface area contributed by atoms with E-state index in [-0.39, 0.29) is 0 Å². The lowest BCUT2D eigenvalue weighted by Crippen LogP contribution is -2.36. The molecule has 7 heteroatoms. The SMILES string of the molecule is C#Cc1cnc(Nc2cc(NC3CCN(C)CC3)c(Cl)cn2)cn1. The Morgan fingerprint density at radius 3 is 2.58 bits per heavy atom. The Morgan fingerprint density at radius 1 is 1.17 bits per heavy atom. The van der Waals surface area contributed by atoms with Crippen molar-refractivity contribution in [3.63, 3.8) is 0 Å². The molecule has 24 heavy (non-hydrogen) atoms. The minimum Gasteiger partial charge on any atom is -0.381 e. The van der Waals surface area contributed by atoms with Gasteiger partial charge in [0.1, 0.15) is 17.3 Å². The third-order valence-corrected chi connectivity index (χ3v) is 4.29. The maximum Gasteiger partial charge on any atom is 0.150 e. The van der Waals surface area contributed by atoms with E-state index < -0.39 is 0 Å². The van der Waals surface area contributed by atoms with Crippen LogP contribution in [-0.4, -0.2) is 46.0 Å². The first-order valence-corrected chi connectivity index (χ1v) is 8.18. The van der Waals surface area contributed by atoms with Gasteiger partial charge in [-0.25, -0.2) is 15.0 Å². The fourth-order valence-electron chi connectivity index (χ4n) is 2.59. The summed E-state index contributed by atoms with van der Waals surface area (Å²) < 4.78 is 0. The van der Waals surface area contributed by atoms with Crippen molar-refractivity contribution in [1.29, 1.82) is 0 Å². The van der Waals surface area contributed by atoms with Gasteiger partial charge < -0.3 is 15.5 Å².